The topological polar surface area (TPSA) is 76.8 Å². The zero-order valence-electron chi connectivity index (χ0n) is 15.4. The third kappa shape index (κ3) is 4.61. The van der Waals surface area contributed by atoms with Crippen molar-refractivity contribution in [3.05, 3.63) is 0 Å². The van der Waals surface area contributed by atoms with Crippen LogP contribution in [-0.4, -0.2) is 63.9 Å². The quantitative estimate of drug-likeness (QED) is 0.834. The molecule has 6 heteroatoms. The van der Waals surface area contributed by atoms with E-state index in [9.17, 15) is 9.90 Å². The summed E-state index contributed by atoms with van der Waals surface area (Å²) in [6.07, 6.45) is 3.25. The molecule has 2 heterocycles. The van der Waals surface area contributed by atoms with E-state index in [0.717, 1.165) is 19.4 Å². The SMILES string of the molecule is CCN(CCC#N)CC1(O)C[C@H]2CC[C@@H](C1)N2C(=O)OC(C)(C)C. The van der Waals surface area contributed by atoms with Crippen LogP contribution in [0.2, 0.25) is 0 Å². The van der Waals surface area contributed by atoms with Gasteiger partial charge in [0.2, 0.25) is 0 Å². The van der Waals surface area contributed by atoms with Crippen LogP contribution in [-0.2, 0) is 4.74 Å². The van der Waals surface area contributed by atoms with Gasteiger partial charge < -0.3 is 14.7 Å². The van der Waals surface area contributed by atoms with Crippen LogP contribution in [0.1, 0.15) is 59.8 Å². The molecule has 0 saturated carbocycles. The standard InChI is InChI=1S/C18H31N3O3/c1-5-20(10-6-9-19)13-18(23)11-14-7-8-15(12-18)21(14)16(22)24-17(2,3)4/h14-15,23H,5-8,10-13H2,1-4H3/t14-,15+,18?. The van der Waals surface area contributed by atoms with Gasteiger partial charge in [-0.05, 0) is 53.0 Å². The van der Waals surface area contributed by atoms with Crippen LogP contribution in [0.4, 0.5) is 4.79 Å². The molecular formula is C18H31N3O3. The van der Waals surface area contributed by atoms with Crippen LogP contribution in [0.15, 0.2) is 0 Å². The first kappa shape index (κ1) is 19.0. The lowest BCUT2D eigenvalue weighted by Gasteiger charge is -2.45. The molecule has 2 saturated heterocycles. The molecule has 0 aromatic carbocycles. The number of hydrogen-bond acceptors (Lipinski definition) is 5. The number of likely N-dealkylation sites (N-methyl/N-ethyl adjacent to an activating group) is 1. The van der Waals surface area contributed by atoms with E-state index in [4.69, 9.17) is 10.00 Å². The highest BCUT2D eigenvalue weighted by Gasteiger charge is 2.50. The number of nitrogens with zero attached hydrogens (tertiary/aromatic N) is 3. The minimum atomic E-state index is -0.782. The number of amides is 1. The molecule has 2 aliphatic rings. The molecule has 1 N–H and O–H groups in total. The molecule has 0 aliphatic carbocycles. The number of nitriles is 1. The minimum absolute atomic E-state index is 0.0540. The molecule has 0 radical (unpaired) electrons. The second-order valence-electron chi connectivity index (χ2n) is 8.18. The molecule has 0 aromatic heterocycles. The number of ether oxygens (including phenoxy) is 1. The van der Waals surface area contributed by atoms with Gasteiger partial charge in [0.25, 0.3) is 0 Å². The second kappa shape index (κ2) is 7.28. The Labute approximate surface area is 145 Å². The van der Waals surface area contributed by atoms with Gasteiger partial charge >= 0.3 is 6.09 Å². The second-order valence-corrected chi connectivity index (χ2v) is 8.18. The number of aliphatic hydroxyl groups is 1. The molecule has 6 nitrogen and oxygen atoms in total. The van der Waals surface area contributed by atoms with Crippen molar-refractivity contribution in [2.45, 2.75) is 83.1 Å². The van der Waals surface area contributed by atoms with Gasteiger partial charge in [0, 0.05) is 31.6 Å². The van der Waals surface area contributed by atoms with Gasteiger partial charge in [-0.2, -0.15) is 5.26 Å². The van der Waals surface area contributed by atoms with Crippen molar-refractivity contribution in [1.29, 1.82) is 5.26 Å². The molecular weight excluding hydrogens is 306 g/mol. The highest BCUT2D eigenvalue weighted by Crippen LogP contribution is 2.41. The van der Waals surface area contributed by atoms with Gasteiger partial charge in [-0.25, -0.2) is 4.79 Å². The molecule has 3 atom stereocenters. The molecule has 2 fully saturated rings. The predicted molar refractivity (Wildman–Crippen MR) is 91.4 cm³/mol. The average Bonchev–Trinajstić information content (AvgIpc) is 2.75. The number of hydrogen-bond donors (Lipinski definition) is 1. The highest BCUT2D eigenvalue weighted by atomic mass is 16.6. The van der Waals surface area contributed by atoms with E-state index >= 15 is 0 Å². The normalized spacial score (nSPS) is 29.6. The highest BCUT2D eigenvalue weighted by molar-refractivity contribution is 5.69. The number of fused-ring (bicyclic) bond motifs is 2. The van der Waals surface area contributed by atoms with Crippen LogP contribution in [0.5, 0.6) is 0 Å². The van der Waals surface area contributed by atoms with Crippen molar-refractivity contribution in [3.8, 4) is 6.07 Å². The van der Waals surface area contributed by atoms with Crippen molar-refractivity contribution in [2.75, 3.05) is 19.6 Å². The largest absolute Gasteiger partial charge is 0.444 e. The molecule has 0 aromatic rings. The third-order valence-electron chi connectivity index (χ3n) is 4.96. The van der Waals surface area contributed by atoms with E-state index in [1.54, 1.807) is 0 Å². The summed E-state index contributed by atoms with van der Waals surface area (Å²) in [6.45, 7) is 9.74. The molecule has 2 rings (SSSR count). The van der Waals surface area contributed by atoms with Gasteiger partial charge in [0.05, 0.1) is 11.7 Å². The Morgan fingerprint density at radius 1 is 1.38 bits per heavy atom. The van der Waals surface area contributed by atoms with Crippen LogP contribution < -0.4 is 0 Å². The lowest BCUT2D eigenvalue weighted by atomic mass is 9.85. The fourth-order valence-corrected chi connectivity index (χ4v) is 4.04. The van der Waals surface area contributed by atoms with Crippen molar-refractivity contribution < 1.29 is 14.6 Å². The van der Waals surface area contributed by atoms with Crippen LogP contribution in [0.25, 0.3) is 0 Å². The summed E-state index contributed by atoms with van der Waals surface area (Å²) in [5.41, 5.74) is -1.28. The Balaban J connectivity index is 2.01. The van der Waals surface area contributed by atoms with E-state index in [2.05, 4.69) is 11.0 Å². The first-order chi connectivity index (χ1) is 11.2. The summed E-state index contributed by atoms with van der Waals surface area (Å²) >= 11 is 0. The smallest absolute Gasteiger partial charge is 0.410 e. The number of piperidine rings is 1. The van der Waals surface area contributed by atoms with E-state index in [0.29, 0.717) is 32.4 Å². The number of carbonyl (C=O) groups excluding carboxylic acids is 1. The molecule has 1 amide bonds. The van der Waals surface area contributed by atoms with Crippen LogP contribution >= 0.6 is 0 Å². The van der Waals surface area contributed by atoms with Gasteiger partial charge in [0.15, 0.2) is 0 Å². The summed E-state index contributed by atoms with van der Waals surface area (Å²) in [6, 6.07) is 2.27. The maximum Gasteiger partial charge on any atom is 0.410 e. The first-order valence-corrected chi connectivity index (χ1v) is 9.00. The van der Waals surface area contributed by atoms with Gasteiger partial charge in [-0.15, -0.1) is 0 Å². The average molecular weight is 337 g/mol. The Kier molecular flexibility index (Phi) is 5.77. The van der Waals surface area contributed by atoms with Crippen molar-refractivity contribution in [1.82, 2.24) is 9.80 Å². The Hall–Kier alpha value is -1.32. The molecule has 2 aliphatic heterocycles. The zero-order valence-corrected chi connectivity index (χ0v) is 15.4. The van der Waals surface area contributed by atoms with Crippen LogP contribution in [0.3, 0.4) is 0 Å². The van der Waals surface area contributed by atoms with Crippen molar-refractivity contribution in [2.24, 2.45) is 0 Å². The molecule has 136 valence electrons. The van der Waals surface area contributed by atoms with E-state index in [-0.39, 0.29) is 18.2 Å². The van der Waals surface area contributed by atoms with Crippen molar-refractivity contribution >= 4 is 6.09 Å². The van der Waals surface area contributed by atoms with Gasteiger partial charge in [-0.1, -0.05) is 6.92 Å². The van der Waals surface area contributed by atoms with Crippen molar-refractivity contribution in [3.63, 3.8) is 0 Å². The monoisotopic (exact) mass is 337 g/mol. The zero-order chi connectivity index (χ0) is 18.0. The van der Waals surface area contributed by atoms with Gasteiger partial charge in [0.1, 0.15) is 5.60 Å². The lowest BCUT2D eigenvalue weighted by Crippen LogP contribution is -2.57. The van der Waals surface area contributed by atoms with E-state index < -0.39 is 11.2 Å². The Bertz CT molecular complexity index is 481. The Morgan fingerprint density at radius 2 is 1.96 bits per heavy atom. The van der Waals surface area contributed by atoms with Gasteiger partial charge in [-0.3, -0.25) is 4.90 Å². The molecule has 2 bridgehead atoms. The molecule has 0 spiro atoms. The minimum Gasteiger partial charge on any atom is -0.444 e. The lowest BCUT2D eigenvalue weighted by molar-refractivity contribution is -0.0728. The fraction of sp³-hybridized carbons (Fsp3) is 0.889. The fourth-order valence-electron chi connectivity index (χ4n) is 4.04. The maximum atomic E-state index is 12.5. The summed E-state index contributed by atoms with van der Waals surface area (Å²) in [7, 11) is 0. The summed E-state index contributed by atoms with van der Waals surface area (Å²) in [5, 5.41) is 19.8. The summed E-state index contributed by atoms with van der Waals surface area (Å²) in [4.78, 5) is 16.5. The number of rotatable bonds is 5. The maximum absolute atomic E-state index is 12.5. The molecule has 1 unspecified atom stereocenters. The first-order valence-electron chi connectivity index (χ1n) is 9.00. The van der Waals surface area contributed by atoms with E-state index in [1.807, 2.05) is 32.6 Å². The van der Waals surface area contributed by atoms with Crippen LogP contribution in [0, 0.1) is 11.3 Å². The Morgan fingerprint density at radius 3 is 2.42 bits per heavy atom. The number of carbonyl (C=O) groups is 1. The summed E-state index contributed by atoms with van der Waals surface area (Å²) in [5.74, 6) is 0. The summed E-state index contributed by atoms with van der Waals surface area (Å²) < 4.78 is 5.54. The molecule has 24 heavy (non-hydrogen) atoms. The van der Waals surface area contributed by atoms with E-state index in [1.165, 1.54) is 0 Å². The predicted octanol–water partition coefficient (Wildman–Crippen LogP) is 2.51. The third-order valence-corrected chi connectivity index (χ3v) is 4.96.